The Balaban J connectivity index is 2.22. The molecule has 0 aliphatic carbocycles. The highest BCUT2D eigenvalue weighted by Gasteiger charge is 2.13. The van der Waals surface area contributed by atoms with Gasteiger partial charge in [-0.2, -0.15) is 0 Å². The lowest BCUT2D eigenvalue weighted by Gasteiger charge is -2.16. The Kier molecular flexibility index (Phi) is 4.41. The molecule has 0 radical (unpaired) electrons. The van der Waals surface area contributed by atoms with Crippen LogP contribution in [0.3, 0.4) is 0 Å². The van der Waals surface area contributed by atoms with Gasteiger partial charge >= 0.3 is 0 Å². The summed E-state index contributed by atoms with van der Waals surface area (Å²) in [6.07, 6.45) is 6.21. The molecule has 0 spiro atoms. The first kappa shape index (κ1) is 17.3. The van der Waals surface area contributed by atoms with Gasteiger partial charge in [-0.05, 0) is 75.4 Å². The first-order valence-corrected chi connectivity index (χ1v) is 9.46. The van der Waals surface area contributed by atoms with Crippen LogP contribution in [0.25, 0.3) is 37.9 Å². The third-order valence-corrected chi connectivity index (χ3v) is 5.50. The van der Waals surface area contributed by atoms with E-state index in [9.17, 15) is 0 Å². The second-order valence-corrected chi connectivity index (χ2v) is 7.05. The second-order valence-electron chi connectivity index (χ2n) is 7.05. The highest BCUT2D eigenvalue weighted by Crippen LogP contribution is 2.39. The van der Waals surface area contributed by atoms with Gasteiger partial charge in [-0.3, -0.25) is 0 Å². The molecular formula is C27H24. The van der Waals surface area contributed by atoms with Crippen LogP contribution in [-0.4, -0.2) is 0 Å². The van der Waals surface area contributed by atoms with E-state index in [-0.39, 0.29) is 0 Å². The summed E-state index contributed by atoms with van der Waals surface area (Å²) in [5.41, 5.74) is 5.01. The van der Waals surface area contributed by atoms with Gasteiger partial charge in [-0.1, -0.05) is 85.5 Å². The summed E-state index contributed by atoms with van der Waals surface area (Å²) in [5.74, 6) is 0. The zero-order chi connectivity index (χ0) is 19.0. The Morgan fingerprint density at radius 3 is 1.85 bits per heavy atom. The molecule has 4 aromatic rings. The summed E-state index contributed by atoms with van der Waals surface area (Å²) in [6, 6.07) is 22.0. The molecule has 0 unspecified atom stereocenters. The van der Waals surface area contributed by atoms with Crippen molar-refractivity contribution >= 4 is 37.9 Å². The molecule has 0 amide bonds. The SMILES string of the molecule is C=C/C(=C(C)\C=C/C)c1ccc2c3ccccc3c3ccccc3c2c1C. The van der Waals surface area contributed by atoms with Gasteiger partial charge < -0.3 is 0 Å². The first-order chi connectivity index (χ1) is 13.2. The fraction of sp³-hybridized carbons (Fsp3) is 0.111. The van der Waals surface area contributed by atoms with Gasteiger partial charge in [0, 0.05) is 0 Å². The Labute approximate surface area is 161 Å². The minimum atomic E-state index is 1.20. The van der Waals surface area contributed by atoms with Crippen molar-refractivity contribution in [1.82, 2.24) is 0 Å². The van der Waals surface area contributed by atoms with E-state index in [0.717, 1.165) is 0 Å². The van der Waals surface area contributed by atoms with E-state index in [1.54, 1.807) is 0 Å². The lowest BCUT2D eigenvalue weighted by Crippen LogP contribution is -1.93. The fourth-order valence-corrected chi connectivity index (χ4v) is 4.29. The predicted octanol–water partition coefficient (Wildman–Crippen LogP) is 7.99. The Hall–Kier alpha value is -3.12. The molecule has 0 aliphatic heterocycles. The van der Waals surface area contributed by atoms with Crippen molar-refractivity contribution in [2.45, 2.75) is 20.8 Å². The van der Waals surface area contributed by atoms with E-state index in [1.807, 2.05) is 6.08 Å². The monoisotopic (exact) mass is 348 g/mol. The number of aryl methyl sites for hydroxylation is 1. The lowest BCUT2D eigenvalue weighted by molar-refractivity contribution is 1.44. The molecule has 132 valence electrons. The van der Waals surface area contributed by atoms with Crippen LogP contribution in [0, 0.1) is 6.92 Å². The van der Waals surface area contributed by atoms with Crippen LogP contribution in [0.5, 0.6) is 0 Å². The maximum absolute atomic E-state index is 4.08. The summed E-state index contributed by atoms with van der Waals surface area (Å²) < 4.78 is 0. The maximum Gasteiger partial charge on any atom is -0.00635 e. The first-order valence-electron chi connectivity index (χ1n) is 9.46. The zero-order valence-corrected chi connectivity index (χ0v) is 16.2. The average Bonchev–Trinajstić information content (AvgIpc) is 2.70. The quantitative estimate of drug-likeness (QED) is 0.260. The minimum Gasteiger partial charge on any atom is -0.0984 e. The van der Waals surface area contributed by atoms with Crippen molar-refractivity contribution in [3.05, 3.63) is 102 Å². The molecule has 0 bridgehead atoms. The smallest absolute Gasteiger partial charge is 0.00635 e. The van der Waals surface area contributed by atoms with Crippen molar-refractivity contribution in [3.63, 3.8) is 0 Å². The number of allylic oxidation sites excluding steroid dienone is 5. The van der Waals surface area contributed by atoms with Crippen molar-refractivity contribution in [1.29, 1.82) is 0 Å². The Morgan fingerprint density at radius 1 is 0.778 bits per heavy atom. The summed E-state index contributed by atoms with van der Waals surface area (Å²) in [4.78, 5) is 0. The van der Waals surface area contributed by atoms with Crippen molar-refractivity contribution < 1.29 is 0 Å². The highest BCUT2D eigenvalue weighted by molar-refractivity contribution is 6.26. The number of fused-ring (bicyclic) bond motifs is 6. The standard InChI is InChI=1S/C27H24/c1-5-11-18(3)20(6-2)21-16-17-26-24-14-8-7-12-22(24)23-13-9-10-15-25(23)27(26)19(21)4/h5-17H,2H2,1,3-4H3/b11-5-,20-18+. The lowest BCUT2D eigenvalue weighted by atomic mass is 9.87. The van der Waals surface area contributed by atoms with E-state index in [0.29, 0.717) is 0 Å². The normalized spacial score (nSPS) is 12.9. The van der Waals surface area contributed by atoms with E-state index >= 15 is 0 Å². The molecule has 0 aliphatic rings. The molecule has 0 aromatic heterocycles. The Morgan fingerprint density at radius 2 is 1.30 bits per heavy atom. The van der Waals surface area contributed by atoms with Crippen LogP contribution < -0.4 is 0 Å². The molecule has 4 aromatic carbocycles. The van der Waals surface area contributed by atoms with Gasteiger partial charge in [0.25, 0.3) is 0 Å². The number of hydrogen-bond acceptors (Lipinski definition) is 0. The van der Waals surface area contributed by atoms with Crippen LogP contribution in [0.4, 0.5) is 0 Å². The summed E-state index contributed by atoms with van der Waals surface area (Å²) in [7, 11) is 0. The van der Waals surface area contributed by atoms with Crippen molar-refractivity contribution in [2.75, 3.05) is 0 Å². The van der Waals surface area contributed by atoms with Crippen LogP contribution >= 0.6 is 0 Å². The summed E-state index contributed by atoms with van der Waals surface area (Å²) in [5, 5.41) is 7.92. The number of rotatable bonds is 3. The van der Waals surface area contributed by atoms with Crippen LogP contribution in [0.1, 0.15) is 25.0 Å². The van der Waals surface area contributed by atoms with E-state index in [4.69, 9.17) is 0 Å². The van der Waals surface area contributed by atoms with E-state index in [2.05, 4.69) is 100 Å². The molecule has 0 atom stereocenters. The number of benzene rings is 4. The molecule has 0 heteroatoms. The van der Waals surface area contributed by atoms with Crippen LogP contribution in [0.2, 0.25) is 0 Å². The molecule has 0 saturated heterocycles. The molecular weight excluding hydrogens is 324 g/mol. The molecule has 4 rings (SSSR count). The van der Waals surface area contributed by atoms with Gasteiger partial charge in [-0.25, -0.2) is 0 Å². The van der Waals surface area contributed by atoms with Crippen LogP contribution in [0.15, 0.2) is 91.0 Å². The average molecular weight is 348 g/mol. The molecule has 0 heterocycles. The largest absolute Gasteiger partial charge is 0.0984 e. The molecule has 0 N–H and O–H groups in total. The highest BCUT2D eigenvalue weighted by atomic mass is 14.2. The summed E-state index contributed by atoms with van der Waals surface area (Å²) >= 11 is 0. The van der Waals surface area contributed by atoms with Crippen molar-refractivity contribution in [3.8, 4) is 0 Å². The molecule has 0 nitrogen and oxygen atoms in total. The second kappa shape index (κ2) is 6.89. The Bertz CT molecular complexity index is 1210. The van der Waals surface area contributed by atoms with E-state index < -0.39 is 0 Å². The molecule has 27 heavy (non-hydrogen) atoms. The summed E-state index contributed by atoms with van der Waals surface area (Å²) in [6.45, 7) is 10.5. The topological polar surface area (TPSA) is 0 Å². The third kappa shape index (κ3) is 2.69. The van der Waals surface area contributed by atoms with Gasteiger partial charge in [0.2, 0.25) is 0 Å². The minimum absolute atomic E-state index is 1.20. The van der Waals surface area contributed by atoms with Crippen LogP contribution in [-0.2, 0) is 0 Å². The van der Waals surface area contributed by atoms with Gasteiger partial charge in [0.05, 0.1) is 0 Å². The van der Waals surface area contributed by atoms with Gasteiger partial charge in [0.15, 0.2) is 0 Å². The molecule has 0 fully saturated rings. The zero-order valence-electron chi connectivity index (χ0n) is 16.2. The maximum atomic E-state index is 4.08. The predicted molar refractivity (Wildman–Crippen MR) is 121 cm³/mol. The fourth-order valence-electron chi connectivity index (χ4n) is 4.29. The van der Waals surface area contributed by atoms with E-state index in [1.165, 1.54) is 54.6 Å². The van der Waals surface area contributed by atoms with Gasteiger partial charge in [0.1, 0.15) is 0 Å². The van der Waals surface area contributed by atoms with Crippen molar-refractivity contribution in [2.24, 2.45) is 0 Å². The van der Waals surface area contributed by atoms with Gasteiger partial charge in [-0.15, -0.1) is 0 Å². The third-order valence-electron chi connectivity index (χ3n) is 5.50. The number of hydrogen-bond donors (Lipinski definition) is 0. The molecule has 0 saturated carbocycles.